The number of anilines is 4. The maximum Gasteiger partial charge on any atom is 0.137 e. The Kier molecular flexibility index (Phi) is 11.7. The predicted octanol–water partition coefficient (Wildman–Crippen LogP) is 20.3. The van der Waals surface area contributed by atoms with Crippen LogP contribution in [0.15, 0.2) is 279 Å². The second kappa shape index (κ2) is 19.7. The molecule has 14 aromatic rings. The van der Waals surface area contributed by atoms with Crippen LogP contribution in [0.25, 0.3) is 99.6 Å². The Morgan fingerprint density at radius 2 is 0.866 bits per heavy atom. The molecule has 15 rings (SSSR count). The van der Waals surface area contributed by atoms with Gasteiger partial charge in [0.05, 0.1) is 39.1 Å². The van der Waals surface area contributed by atoms with Crippen LogP contribution in [0.5, 0.6) is 11.5 Å². The van der Waals surface area contributed by atoms with Crippen molar-refractivity contribution < 1.29 is 4.74 Å². The van der Waals surface area contributed by atoms with Crippen molar-refractivity contribution >= 4 is 66.4 Å². The number of benzene rings is 11. The van der Waals surface area contributed by atoms with Gasteiger partial charge in [0.1, 0.15) is 24.0 Å². The van der Waals surface area contributed by atoms with Gasteiger partial charge in [0.15, 0.2) is 0 Å². The van der Waals surface area contributed by atoms with Crippen LogP contribution in [0, 0.1) is 0 Å². The van der Waals surface area contributed by atoms with E-state index < -0.39 is 0 Å². The minimum atomic E-state index is -0.0805. The number of rotatable bonds is 10. The van der Waals surface area contributed by atoms with Gasteiger partial charge in [-0.3, -0.25) is 4.57 Å². The smallest absolute Gasteiger partial charge is 0.137 e. The second-order valence-corrected chi connectivity index (χ2v) is 22.4. The van der Waals surface area contributed by atoms with Gasteiger partial charge in [0.2, 0.25) is 0 Å². The molecule has 0 saturated heterocycles. The Morgan fingerprint density at radius 1 is 0.354 bits per heavy atom. The van der Waals surface area contributed by atoms with Crippen molar-refractivity contribution in [2.45, 2.75) is 26.2 Å². The minimum Gasteiger partial charge on any atom is -0.457 e. The molecule has 3 aromatic heterocycles. The van der Waals surface area contributed by atoms with Crippen molar-refractivity contribution in [1.82, 2.24) is 14.1 Å². The molecule has 0 fully saturated rings. The van der Waals surface area contributed by atoms with E-state index in [9.17, 15) is 0 Å². The van der Waals surface area contributed by atoms with Crippen LogP contribution in [-0.2, 0) is 5.41 Å². The van der Waals surface area contributed by atoms with Crippen LogP contribution in [0.2, 0.25) is 0 Å². The average molecular weight is 1060 g/mol. The third-order valence-corrected chi connectivity index (χ3v) is 16.4. The number of aromatic nitrogens is 3. The van der Waals surface area contributed by atoms with E-state index in [-0.39, 0.29) is 5.41 Å². The molecule has 0 saturated carbocycles. The quantitative estimate of drug-likeness (QED) is 0.137. The molecular weight excluding hydrogens is 999 g/mol. The molecule has 6 heteroatoms. The lowest BCUT2D eigenvalue weighted by molar-refractivity contribution is 0.483. The molecule has 1 aliphatic rings. The first-order valence-electron chi connectivity index (χ1n) is 28.2. The van der Waals surface area contributed by atoms with Gasteiger partial charge in [0, 0.05) is 62.4 Å². The highest BCUT2D eigenvalue weighted by atomic mass is 16.5. The summed E-state index contributed by atoms with van der Waals surface area (Å²) in [7, 11) is 0. The van der Waals surface area contributed by atoms with Gasteiger partial charge >= 0.3 is 0 Å². The molecule has 0 aliphatic carbocycles. The summed E-state index contributed by atoms with van der Waals surface area (Å²) in [6, 6.07) is 98.3. The van der Waals surface area contributed by atoms with Gasteiger partial charge in [-0.25, -0.2) is 4.98 Å². The number of hydrogen-bond acceptors (Lipinski definition) is 4. The number of hydrogen-bond donors (Lipinski definition) is 0. The van der Waals surface area contributed by atoms with Gasteiger partial charge in [-0.15, -0.1) is 0 Å². The first-order valence-corrected chi connectivity index (χ1v) is 28.2. The van der Waals surface area contributed by atoms with E-state index in [0.29, 0.717) is 6.67 Å². The van der Waals surface area contributed by atoms with Gasteiger partial charge in [-0.05, 0) is 123 Å². The van der Waals surface area contributed by atoms with Gasteiger partial charge in [0.25, 0.3) is 0 Å². The normalized spacial score (nSPS) is 12.5. The summed E-state index contributed by atoms with van der Waals surface area (Å²) in [5, 5.41) is 4.70. The van der Waals surface area contributed by atoms with Crippen LogP contribution < -0.4 is 14.5 Å². The largest absolute Gasteiger partial charge is 0.457 e. The molecule has 0 bridgehead atoms. The molecule has 82 heavy (non-hydrogen) atoms. The topological polar surface area (TPSA) is 38.5 Å². The van der Waals surface area contributed by atoms with Crippen LogP contribution in [-0.4, -0.2) is 20.8 Å². The Hall–Kier alpha value is -10.4. The Morgan fingerprint density at radius 3 is 1.54 bits per heavy atom. The Bertz CT molecular complexity index is 4640. The van der Waals surface area contributed by atoms with E-state index in [2.05, 4.69) is 313 Å². The van der Waals surface area contributed by atoms with E-state index in [0.717, 1.165) is 84.2 Å². The summed E-state index contributed by atoms with van der Waals surface area (Å²) in [5.74, 6) is 2.34. The van der Waals surface area contributed by atoms with Gasteiger partial charge in [-0.2, -0.15) is 0 Å². The molecule has 0 amide bonds. The predicted molar refractivity (Wildman–Crippen MR) is 342 cm³/mol. The molecular formula is C76H57N5O. The lowest BCUT2D eigenvalue weighted by atomic mass is 9.88. The fourth-order valence-corrected chi connectivity index (χ4v) is 12.6. The van der Waals surface area contributed by atoms with Crippen LogP contribution in [0.1, 0.15) is 26.3 Å². The molecule has 0 unspecified atom stereocenters. The minimum absolute atomic E-state index is 0.0805. The zero-order valence-corrected chi connectivity index (χ0v) is 45.9. The Balaban J connectivity index is 0.853. The number of nitrogens with zero attached hydrogens (tertiary/aromatic N) is 5. The van der Waals surface area contributed by atoms with Crippen molar-refractivity contribution in [1.29, 1.82) is 0 Å². The molecule has 6 nitrogen and oxygen atoms in total. The summed E-state index contributed by atoms with van der Waals surface area (Å²) >= 11 is 0. The lowest BCUT2D eigenvalue weighted by Gasteiger charge is -2.28. The maximum absolute atomic E-state index is 7.03. The number of ether oxygens (including phenoxy) is 1. The molecule has 4 heterocycles. The molecule has 392 valence electrons. The first-order chi connectivity index (χ1) is 40.3. The average Bonchev–Trinajstić information content (AvgIpc) is 4.26. The monoisotopic (exact) mass is 1060 g/mol. The van der Waals surface area contributed by atoms with E-state index >= 15 is 0 Å². The zero-order chi connectivity index (χ0) is 54.9. The van der Waals surface area contributed by atoms with Gasteiger partial charge < -0.3 is 19.1 Å². The van der Waals surface area contributed by atoms with Crippen LogP contribution in [0.4, 0.5) is 22.7 Å². The fourth-order valence-electron chi connectivity index (χ4n) is 12.6. The fraction of sp³-hybridized carbons (Fsp3) is 0.0658. The molecule has 11 aromatic carbocycles. The maximum atomic E-state index is 7.03. The molecule has 0 radical (unpaired) electrons. The van der Waals surface area contributed by atoms with Crippen LogP contribution in [0.3, 0.4) is 0 Å². The number of pyridine rings is 1. The van der Waals surface area contributed by atoms with Crippen LogP contribution >= 0.6 is 0 Å². The second-order valence-electron chi connectivity index (χ2n) is 22.4. The Labute approximate surface area is 477 Å². The highest BCUT2D eigenvalue weighted by Crippen LogP contribution is 2.53. The van der Waals surface area contributed by atoms with Crippen molar-refractivity contribution in [2.75, 3.05) is 16.5 Å². The first kappa shape index (κ1) is 48.7. The third kappa shape index (κ3) is 8.30. The number of para-hydroxylation sites is 5. The van der Waals surface area contributed by atoms with Crippen molar-refractivity contribution in [2.24, 2.45) is 0 Å². The zero-order valence-electron chi connectivity index (χ0n) is 45.9. The summed E-state index contributed by atoms with van der Waals surface area (Å²) in [6.45, 7) is 7.34. The van der Waals surface area contributed by atoms with Crippen molar-refractivity contribution in [3.63, 3.8) is 0 Å². The molecule has 0 spiro atoms. The van der Waals surface area contributed by atoms with E-state index in [1.807, 2.05) is 6.20 Å². The van der Waals surface area contributed by atoms with Gasteiger partial charge in [-0.1, -0.05) is 203 Å². The summed E-state index contributed by atoms with van der Waals surface area (Å²) in [5.41, 5.74) is 20.5. The highest BCUT2D eigenvalue weighted by molar-refractivity contribution is 6.19. The SMILES string of the molecule is CC(C)(C)c1ccnc(-n2c3cc(Oc4cccc(N5CN(c6c(-c7ccccc7-c7ccccc7)cccc6-c6ccccc6-c6ccccc6)c6ccccc65)c4)ccc3c3cc4c5ccccc5n(-c5ccccc5)c4cc32)c1. The molecule has 1 aliphatic heterocycles. The van der Waals surface area contributed by atoms with E-state index in [1.54, 1.807) is 0 Å². The lowest BCUT2D eigenvalue weighted by Crippen LogP contribution is -2.25. The number of fused-ring (bicyclic) bond motifs is 7. The van der Waals surface area contributed by atoms with Crippen molar-refractivity contribution in [3.05, 3.63) is 285 Å². The van der Waals surface area contributed by atoms with E-state index in [1.165, 1.54) is 55.2 Å². The third-order valence-electron chi connectivity index (χ3n) is 16.4. The van der Waals surface area contributed by atoms with E-state index in [4.69, 9.17) is 9.72 Å². The standard InChI is InChI=1S/C76H57N5O/c1-76(2,3)53-43-44-77-74(45-53)81-71-47-57(41-42-63(71)67-48-66-62-35-17-18-38-68(62)80(72(66)49-73(67)81)54-27-11-6-12-28-54)82-56-30-21-29-55(46-56)78-50-79(70-40-20-19-39-69(70)78)75-64(60-33-15-13-31-58(60)51-23-7-4-8-24-51)36-22-37-65(75)61-34-16-14-32-59(61)52-25-9-5-10-26-52/h4-49H,50H2,1-3H3. The highest BCUT2D eigenvalue weighted by Gasteiger charge is 2.33. The molecule has 0 N–H and O–H groups in total. The summed E-state index contributed by atoms with van der Waals surface area (Å²) < 4.78 is 11.7. The van der Waals surface area contributed by atoms with Crippen molar-refractivity contribution in [3.8, 4) is 67.5 Å². The molecule has 0 atom stereocenters. The summed E-state index contributed by atoms with van der Waals surface area (Å²) in [4.78, 5) is 10.0. The summed E-state index contributed by atoms with van der Waals surface area (Å²) in [6.07, 6.45) is 1.95.